The Morgan fingerprint density at radius 2 is 2.12 bits per heavy atom. The summed E-state index contributed by atoms with van der Waals surface area (Å²) < 4.78 is 5.70. The molecular weight excluding hydrogens is 282 g/mol. The summed E-state index contributed by atoms with van der Waals surface area (Å²) in [4.78, 5) is 14.5. The van der Waals surface area contributed by atoms with Crippen molar-refractivity contribution in [1.82, 2.24) is 4.90 Å². The summed E-state index contributed by atoms with van der Waals surface area (Å²) in [5.74, 6) is 0.223. The quantitative estimate of drug-likeness (QED) is 0.734. The average molecular weight is 304 g/mol. The molecule has 2 heterocycles. The summed E-state index contributed by atoms with van der Waals surface area (Å²) in [6, 6.07) is 0.365. The Balaban J connectivity index is 2.00. The van der Waals surface area contributed by atoms with Crippen molar-refractivity contribution in [2.45, 2.75) is 63.7 Å². The van der Waals surface area contributed by atoms with E-state index in [2.05, 4.69) is 27.8 Å². The molecule has 1 amide bonds. The number of hydrogen-bond acceptors (Lipinski definition) is 2. The van der Waals surface area contributed by atoms with E-state index in [0.717, 1.165) is 37.6 Å². The summed E-state index contributed by atoms with van der Waals surface area (Å²) in [6.07, 6.45) is 6.73. The van der Waals surface area contributed by atoms with Crippen LogP contribution in [0.2, 0.25) is 0 Å². The van der Waals surface area contributed by atoms with Crippen LogP contribution in [0, 0.1) is 0 Å². The Morgan fingerprint density at radius 1 is 1.29 bits per heavy atom. The van der Waals surface area contributed by atoms with Crippen LogP contribution >= 0.6 is 15.9 Å². The van der Waals surface area contributed by atoms with Gasteiger partial charge in [0.1, 0.15) is 6.10 Å². The largest absolute Gasteiger partial charge is 0.365 e. The number of hydrogen-bond donors (Lipinski definition) is 0. The van der Waals surface area contributed by atoms with Crippen molar-refractivity contribution in [3.05, 3.63) is 0 Å². The van der Waals surface area contributed by atoms with Crippen LogP contribution < -0.4 is 0 Å². The van der Waals surface area contributed by atoms with Gasteiger partial charge in [0.15, 0.2) is 0 Å². The molecule has 2 aliphatic rings. The number of likely N-dealkylation sites (tertiary alicyclic amines) is 1. The third kappa shape index (κ3) is 3.22. The summed E-state index contributed by atoms with van der Waals surface area (Å²) in [6.45, 7) is 2.96. The standard InChI is InChI=1S/C13H22BrNO2/c1-10-6-7-12(17-10)13(16)15-8-4-2-3-5-11(15)9-14/h10-12H,2-9H2,1H3. The van der Waals surface area contributed by atoms with E-state index in [-0.39, 0.29) is 18.1 Å². The number of nitrogens with zero attached hydrogens (tertiary/aromatic N) is 1. The van der Waals surface area contributed by atoms with E-state index in [0.29, 0.717) is 6.04 Å². The van der Waals surface area contributed by atoms with Crippen molar-refractivity contribution in [2.75, 3.05) is 11.9 Å². The zero-order chi connectivity index (χ0) is 12.3. The molecule has 0 spiro atoms. The molecule has 98 valence electrons. The molecule has 0 aromatic carbocycles. The van der Waals surface area contributed by atoms with E-state index in [9.17, 15) is 4.79 Å². The van der Waals surface area contributed by atoms with Gasteiger partial charge in [-0.15, -0.1) is 0 Å². The van der Waals surface area contributed by atoms with Crippen LogP contribution in [-0.4, -0.2) is 40.9 Å². The predicted octanol–water partition coefficient (Wildman–Crippen LogP) is 2.72. The molecule has 2 saturated heterocycles. The normalized spacial score (nSPS) is 34.7. The molecule has 0 radical (unpaired) electrons. The van der Waals surface area contributed by atoms with Gasteiger partial charge >= 0.3 is 0 Å². The molecule has 2 fully saturated rings. The first-order chi connectivity index (χ1) is 8.22. The van der Waals surface area contributed by atoms with Crippen molar-refractivity contribution in [2.24, 2.45) is 0 Å². The maximum Gasteiger partial charge on any atom is 0.251 e. The molecule has 0 aliphatic carbocycles. The Labute approximate surface area is 112 Å². The van der Waals surface area contributed by atoms with Crippen LogP contribution in [0.3, 0.4) is 0 Å². The third-order valence-corrected chi connectivity index (χ3v) is 4.59. The Hall–Kier alpha value is -0.0900. The highest BCUT2D eigenvalue weighted by Crippen LogP contribution is 2.25. The maximum absolute atomic E-state index is 12.4. The molecule has 0 aromatic heterocycles. The van der Waals surface area contributed by atoms with Crippen molar-refractivity contribution >= 4 is 21.8 Å². The fraction of sp³-hybridized carbons (Fsp3) is 0.923. The number of carbonyl (C=O) groups excluding carboxylic acids is 1. The predicted molar refractivity (Wildman–Crippen MR) is 71.3 cm³/mol. The second-order valence-electron chi connectivity index (χ2n) is 5.20. The van der Waals surface area contributed by atoms with Gasteiger partial charge in [-0.3, -0.25) is 4.79 Å². The van der Waals surface area contributed by atoms with Gasteiger partial charge in [-0.25, -0.2) is 0 Å². The molecule has 2 rings (SSSR count). The highest BCUT2D eigenvalue weighted by Gasteiger charge is 2.34. The first-order valence-corrected chi connectivity index (χ1v) is 7.86. The summed E-state index contributed by atoms with van der Waals surface area (Å²) in [5, 5.41) is 0.890. The van der Waals surface area contributed by atoms with Crippen molar-refractivity contribution < 1.29 is 9.53 Å². The molecule has 17 heavy (non-hydrogen) atoms. The SMILES string of the molecule is CC1CCC(C(=O)N2CCCCCC2CBr)O1. The zero-order valence-electron chi connectivity index (χ0n) is 10.5. The minimum absolute atomic E-state index is 0.176. The molecule has 4 heteroatoms. The van der Waals surface area contributed by atoms with Crippen LogP contribution in [0.4, 0.5) is 0 Å². The van der Waals surface area contributed by atoms with Crippen LogP contribution in [0.15, 0.2) is 0 Å². The van der Waals surface area contributed by atoms with Gasteiger partial charge in [0.25, 0.3) is 5.91 Å². The summed E-state index contributed by atoms with van der Waals surface area (Å²) in [5.41, 5.74) is 0. The Bertz CT molecular complexity index is 272. The lowest BCUT2D eigenvalue weighted by Crippen LogP contribution is -2.46. The topological polar surface area (TPSA) is 29.5 Å². The highest BCUT2D eigenvalue weighted by atomic mass is 79.9. The molecular formula is C13H22BrNO2. The first kappa shape index (κ1) is 13.3. The monoisotopic (exact) mass is 303 g/mol. The lowest BCUT2D eigenvalue weighted by atomic mass is 10.1. The fourth-order valence-electron chi connectivity index (χ4n) is 2.80. The molecule has 0 N–H and O–H groups in total. The van der Waals surface area contributed by atoms with E-state index in [1.165, 1.54) is 12.8 Å². The van der Waals surface area contributed by atoms with E-state index >= 15 is 0 Å². The second kappa shape index (κ2) is 6.19. The van der Waals surface area contributed by atoms with Crippen LogP contribution in [0.5, 0.6) is 0 Å². The van der Waals surface area contributed by atoms with Crippen LogP contribution in [-0.2, 0) is 9.53 Å². The minimum Gasteiger partial charge on any atom is -0.365 e. The number of amides is 1. The molecule has 2 aliphatic heterocycles. The van der Waals surface area contributed by atoms with Gasteiger partial charge in [0.2, 0.25) is 0 Å². The van der Waals surface area contributed by atoms with Crippen molar-refractivity contribution in [3.8, 4) is 0 Å². The maximum atomic E-state index is 12.4. The number of alkyl halides is 1. The molecule has 3 nitrogen and oxygen atoms in total. The third-order valence-electron chi connectivity index (χ3n) is 3.85. The van der Waals surface area contributed by atoms with Gasteiger partial charge < -0.3 is 9.64 Å². The Kier molecular flexibility index (Phi) is 4.86. The molecule has 3 atom stereocenters. The van der Waals surface area contributed by atoms with Gasteiger partial charge in [-0.1, -0.05) is 28.8 Å². The van der Waals surface area contributed by atoms with Crippen LogP contribution in [0.25, 0.3) is 0 Å². The van der Waals surface area contributed by atoms with Crippen molar-refractivity contribution in [3.63, 3.8) is 0 Å². The average Bonchev–Trinajstić information content (AvgIpc) is 2.64. The van der Waals surface area contributed by atoms with Gasteiger partial charge in [-0.05, 0) is 32.6 Å². The zero-order valence-corrected chi connectivity index (χ0v) is 12.1. The molecule has 0 bridgehead atoms. The minimum atomic E-state index is -0.176. The second-order valence-corrected chi connectivity index (χ2v) is 5.85. The lowest BCUT2D eigenvalue weighted by Gasteiger charge is -2.30. The van der Waals surface area contributed by atoms with Crippen molar-refractivity contribution in [1.29, 1.82) is 0 Å². The first-order valence-electron chi connectivity index (χ1n) is 6.74. The molecule has 0 aromatic rings. The lowest BCUT2D eigenvalue weighted by molar-refractivity contribution is -0.144. The molecule has 0 saturated carbocycles. The smallest absolute Gasteiger partial charge is 0.251 e. The van der Waals surface area contributed by atoms with Gasteiger partial charge in [0.05, 0.1) is 6.10 Å². The van der Waals surface area contributed by atoms with E-state index in [1.54, 1.807) is 0 Å². The summed E-state index contributed by atoms with van der Waals surface area (Å²) >= 11 is 3.54. The fourth-order valence-corrected chi connectivity index (χ4v) is 3.47. The summed E-state index contributed by atoms with van der Waals surface area (Å²) in [7, 11) is 0. The molecule has 3 unspecified atom stereocenters. The number of halogens is 1. The Morgan fingerprint density at radius 3 is 2.76 bits per heavy atom. The number of ether oxygens (including phenoxy) is 1. The highest BCUT2D eigenvalue weighted by molar-refractivity contribution is 9.09. The number of carbonyl (C=O) groups is 1. The van der Waals surface area contributed by atoms with Gasteiger partial charge in [-0.2, -0.15) is 0 Å². The van der Waals surface area contributed by atoms with E-state index in [1.807, 2.05) is 0 Å². The van der Waals surface area contributed by atoms with E-state index in [4.69, 9.17) is 4.74 Å². The van der Waals surface area contributed by atoms with E-state index < -0.39 is 0 Å². The van der Waals surface area contributed by atoms with Crippen LogP contribution in [0.1, 0.15) is 45.4 Å². The number of rotatable bonds is 2. The van der Waals surface area contributed by atoms with Gasteiger partial charge in [0, 0.05) is 17.9 Å².